The van der Waals surface area contributed by atoms with Crippen molar-refractivity contribution in [1.82, 2.24) is 20.0 Å². The van der Waals surface area contributed by atoms with E-state index >= 15 is 0 Å². The first-order valence-corrected chi connectivity index (χ1v) is 6.26. The number of aryl methyl sites for hydroxylation is 2. The summed E-state index contributed by atoms with van der Waals surface area (Å²) in [5.41, 5.74) is 1.55. The quantitative estimate of drug-likeness (QED) is 0.865. The van der Waals surface area contributed by atoms with Gasteiger partial charge in [0.1, 0.15) is 5.82 Å². The molecule has 6 heteroatoms. The van der Waals surface area contributed by atoms with E-state index in [-0.39, 0.29) is 11.3 Å². The molecule has 1 aliphatic carbocycles. The smallest absolute Gasteiger partial charge is 0.231 e. The van der Waals surface area contributed by atoms with Crippen LogP contribution in [0.5, 0.6) is 0 Å². The zero-order valence-electron chi connectivity index (χ0n) is 10.9. The summed E-state index contributed by atoms with van der Waals surface area (Å²) < 4.78 is 1.74. The fourth-order valence-corrected chi connectivity index (χ4v) is 2.14. The Morgan fingerprint density at radius 3 is 2.89 bits per heavy atom. The molecule has 1 saturated carbocycles. The van der Waals surface area contributed by atoms with Gasteiger partial charge < -0.3 is 5.32 Å². The molecule has 1 amide bonds. The molecule has 2 aromatic heterocycles. The third-order valence-electron chi connectivity index (χ3n) is 3.73. The van der Waals surface area contributed by atoms with E-state index < -0.39 is 0 Å². The molecule has 1 aliphatic rings. The number of aromatic nitrogens is 4. The van der Waals surface area contributed by atoms with Crippen LogP contribution in [0.25, 0.3) is 11.0 Å². The highest BCUT2D eigenvalue weighted by Crippen LogP contribution is 2.45. The first-order chi connectivity index (χ1) is 8.55. The number of hydrogen-bond donors (Lipinski definition) is 2. The molecule has 0 aliphatic heterocycles. The number of rotatable bonds is 3. The minimum absolute atomic E-state index is 0.0685. The van der Waals surface area contributed by atoms with Crippen molar-refractivity contribution in [3.8, 4) is 0 Å². The Kier molecular flexibility index (Phi) is 2.23. The average molecular weight is 247 g/mol. The molecule has 1 fully saturated rings. The molecule has 2 N–H and O–H groups in total. The van der Waals surface area contributed by atoms with E-state index in [0.29, 0.717) is 5.82 Å². The molecule has 0 saturated heterocycles. The van der Waals surface area contributed by atoms with Gasteiger partial charge in [0.25, 0.3) is 0 Å². The van der Waals surface area contributed by atoms with Gasteiger partial charge in [-0.3, -0.25) is 9.89 Å². The van der Waals surface area contributed by atoms with Crippen LogP contribution in [0.1, 0.15) is 32.4 Å². The number of hydrogen-bond acceptors (Lipinski definition) is 3. The van der Waals surface area contributed by atoms with Gasteiger partial charge in [0.15, 0.2) is 5.65 Å². The van der Waals surface area contributed by atoms with Crippen molar-refractivity contribution in [2.24, 2.45) is 12.5 Å². The van der Waals surface area contributed by atoms with Crippen molar-refractivity contribution in [1.29, 1.82) is 0 Å². The molecule has 2 aromatic rings. The number of nitrogens with zero attached hydrogens (tertiary/aromatic N) is 3. The first kappa shape index (κ1) is 11.3. The van der Waals surface area contributed by atoms with Gasteiger partial charge in [0.05, 0.1) is 11.1 Å². The van der Waals surface area contributed by atoms with Crippen LogP contribution in [-0.4, -0.2) is 25.9 Å². The van der Waals surface area contributed by atoms with Gasteiger partial charge in [-0.25, -0.2) is 4.68 Å². The molecule has 18 heavy (non-hydrogen) atoms. The van der Waals surface area contributed by atoms with Gasteiger partial charge in [-0.05, 0) is 19.3 Å². The van der Waals surface area contributed by atoms with E-state index in [9.17, 15) is 4.79 Å². The van der Waals surface area contributed by atoms with Crippen LogP contribution >= 0.6 is 0 Å². The number of amides is 1. The van der Waals surface area contributed by atoms with Crippen LogP contribution < -0.4 is 5.32 Å². The Bertz CT molecular complexity index is 620. The molecular weight excluding hydrogens is 230 g/mol. The maximum Gasteiger partial charge on any atom is 0.231 e. The fourth-order valence-electron chi connectivity index (χ4n) is 2.14. The molecule has 96 valence electrons. The summed E-state index contributed by atoms with van der Waals surface area (Å²) in [6, 6.07) is 0. The van der Waals surface area contributed by atoms with Crippen LogP contribution in [0.4, 0.5) is 5.82 Å². The molecule has 3 rings (SSSR count). The van der Waals surface area contributed by atoms with Crippen LogP contribution in [0.3, 0.4) is 0 Å². The van der Waals surface area contributed by atoms with Crippen molar-refractivity contribution in [3.05, 3.63) is 5.69 Å². The van der Waals surface area contributed by atoms with Gasteiger partial charge in [0, 0.05) is 12.5 Å². The van der Waals surface area contributed by atoms with Gasteiger partial charge in [-0.1, -0.05) is 13.8 Å². The van der Waals surface area contributed by atoms with Crippen molar-refractivity contribution in [3.63, 3.8) is 0 Å². The second-order valence-electron chi connectivity index (χ2n) is 5.24. The minimum atomic E-state index is -0.188. The van der Waals surface area contributed by atoms with Crippen molar-refractivity contribution >= 4 is 22.8 Å². The average Bonchev–Trinajstić information content (AvgIpc) is 2.85. The lowest BCUT2D eigenvalue weighted by Crippen LogP contribution is -2.21. The topological polar surface area (TPSA) is 75.6 Å². The highest BCUT2D eigenvalue weighted by molar-refractivity contribution is 6.03. The van der Waals surface area contributed by atoms with Crippen molar-refractivity contribution < 1.29 is 4.79 Å². The number of carbonyl (C=O) groups excluding carboxylic acids is 1. The maximum absolute atomic E-state index is 12.1. The summed E-state index contributed by atoms with van der Waals surface area (Å²) in [4.78, 5) is 12.1. The van der Waals surface area contributed by atoms with Gasteiger partial charge >= 0.3 is 0 Å². The third kappa shape index (κ3) is 1.52. The lowest BCUT2D eigenvalue weighted by molar-refractivity contribution is -0.120. The summed E-state index contributed by atoms with van der Waals surface area (Å²) >= 11 is 0. The molecule has 0 radical (unpaired) electrons. The van der Waals surface area contributed by atoms with Gasteiger partial charge in [0.2, 0.25) is 5.91 Å². The Morgan fingerprint density at radius 1 is 1.56 bits per heavy atom. The Hall–Kier alpha value is -1.85. The molecular formula is C12H17N5O. The largest absolute Gasteiger partial charge is 0.310 e. The van der Waals surface area contributed by atoms with Crippen LogP contribution in [0, 0.1) is 5.41 Å². The zero-order valence-corrected chi connectivity index (χ0v) is 10.9. The number of carbonyl (C=O) groups is 1. The van der Waals surface area contributed by atoms with Crippen molar-refractivity contribution in [2.75, 3.05) is 5.32 Å². The number of anilines is 1. The van der Waals surface area contributed by atoms with E-state index in [4.69, 9.17) is 0 Å². The zero-order chi connectivity index (χ0) is 12.9. The van der Waals surface area contributed by atoms with E-state index in [1.54, 1.807) is 4.68 Å². The minimum Gasteiger partial charge on any atom is -0.310 e. The summed E-state index contributed by atoms with van der Waals surface area (Å²) in [7, 11) is 1.86. The number of H-pyrrole nitrogens is 1. The van der Waals surface area contributed by atoms with Crippen LogP contribution in [-0.2, 0) is 18.3 Å². The Morgan fingerprint density at radius 2 is 2.28 bits per heavy atom. The molecule has 0 unspecified atom stereocenters. The monoisotopic (exact) mass is 247 g/mol. The number of fused-ring (bicyclic) bond motifs is 1. The highest BCUT2D eigenvalue weighted by Gasteiger charge is 2.45. The fraction of sp³-hybridized carbons (Fsp3) is 0.583. The predicted molar refractivity (Wildman–Crippen MR) is 68.2 cm³/mol. The molecule has 6 nitrogen and oxygen atoms in total. The molecule has 2 heterocycles. The standard InChI is InChI=1S/C12H17N5O/c1-4-7-8-9(13-11(18)12(2)5-6-12)14-15-10(8)17(3)16-7/h4-6H2,1-3H3,(H2,13,14,15,18). The van der Waals surface area contributed by atoms with Gasteiger partial charge in [-0.15, -0.1) is 0 Å². The normalized spacial score (nSPS) is 17.1. The molecule has 0 spiro atoms. The van der Waals surface area contributed by atoms with E-state index in [2.05, 4.69) is 20.6 Å². The van der Waals surface area contributed by atoms with Crippen LogP contribution in [0.2, 0.25) is 0 Å². The Labute approximate surface area is 105 Å². The third-order valence-corrected chi connectivity index (χ3v) is 3.73. The van der Waals surface area contributed by atoms with E-state index in [1.807, 2.05) is 20.9 Å². The lowest BCUT2D eigenvalue weighted by Gasteiger charge is -2.07. The highest BCUT2D eigenvalue weighted by atomic mass is 16.2. The summed E-state index contributed by atoms with van der Waals surface area (Å²) in [6.07, 6.45) is 2.74. The molecule has 0 bridgehead atoms. The first-order valence-electron chi connectivity index (χ1n) is 6.26. The van der Waals surface area contributed by atoms with Gasteiger partial charge in [-0.2, -0.15) is 10.2 Å². The van der Waals surface area contributed by atoms with Crippen LogP contribution in [0.15, 0.2) is 0 Å². The molecule has 0 atom stereocenters. The van der Waals surface area contributed by atoms with E-state index in [1.165, 1.54) is 0 Å². The summed E-state index contributed by atoms with van der Waals surface area (Å²) in [5, 5.41) is 15.4. The summed E-state index contributed by atoms with van der Waals surface area (Å²) in [5.74, 6) is 0.743. The number of nitrogens with one attached hydrogen (secondary N) is 2. The van der Waals surface area contributed by atoms with Crippen molar-refractivity contribution in [2.45, 2.75) is 33.1 Å². The Balaban J connectivity index is 1.99. The summed E-state index contributed by atoms with van der Waals surface area (Å²) in [6.45, 7) is 4.03. The second-order valence-corrected chi connectivity index (χ2v) is 5.24. The molecule has 0 aromatic carbocycles. The maximum atomic E-state index is 12.1. The second kappa shape index (κ2) is 3.57. The predicted octanol–water partition coefficient (Wildman–Crippen LogP) is 1.60. The van der Waals surface area contributed by atoms with E-state index in [0.717, 1.165) is 36.0 Å². The lowest BCUT2D eigenvalue weighted by atomic mass is 10.1. The SMILES string of the molecule is CCc1nn(C)c2n[nH]c(NC(=O)C3(C)CC3)c12. The number of aromatic amines is 1.